The van der Waals surface area contributed by atoms with E-state index >= 15 is 0 Å². The third-order valence-corrected chi connectivity index (χ3v) is 17.6. The van der Waals surface area contributed by atoms with Crippen molar-refractivity contribution in [2.24, 2.45) is 11.8 Å². The van der Waals surface area contributed by atoms with E-state index in [2.05, 4.69) is 72.5 Å². The summed E-state index contributed by atoms with van der Waals surface area (Å²) in [4.78, 5) is 44.3. The number of carbonyl (C=O) groups is 4. The van der Waals surface area contributed by atoms with Crippen LogP contribution in [0, 0.1) is 11.8 Å². The van der Waals surface area contributed by atoms with Gasteiger partial charge in [0.15, 0.2) is 16.6 Å². The summed E-state index contributed by atoms with van der Waals surface area (Å²) in [6.45, 7) is 34.2. The first-order valence-electron chi connectivity index (χ1n) is 16.4. The number of Topliss-reactive ketones (excluding diaryl/α,β-unsaturated/α-hetero) is 2. The molecule has 0 unspecified atom stereocenters. The fourth-order valence-electron chi connectivity index (χ4n) is 3.76. The van der Waals surface area contributed by atoms with Crippen LogP contribution in [0.3, 0.4) is 0 Å². The maximum absolute atomic E-state index is 11.1. The van der Waals surface area contributed by atoms with Crippen LogP contribution in [0.4, 0.5) is 9.59 Å². The van der Waals surface area contributed by atoms with Crippen molar-refractivity contribution in [2.75, 3.05) is 13.2 Å². The van der Waals surface area contributed by atoms with Crippen molar-refractivity contribution in [3.63, 3.8) is 0 Å². The highest BCUT2D eigenvalue weighted by atomic mass is 32.1. The molecule has 0 spiro atoms. The van der Waals surface area contributed by atoms with Gasteiger partial charge in [-0.3, -0.25) is 9.59 Å². The molecule has 2 fully saturated rings. The van der Waals surface area contributed by atoms with E-state index in [1.165, 1.54) is 0 Å². The van der Waals surface area contributed by atoms with E-state index in [-0.39, 0.29) is 37.1 Å². The highest BCUT2D eigenvalue weighted by Gasteiger charge is 2.39. The highest BCUT2D eigenvalue weighted by Crippen LogP contribution is 2.38. The molecule has 2 atom stereocenters. The second kappa shape index (κ2) is 20.1. The van der Waals surface area contributed by atoms with E-state index < -0.39 is 40.1 Å². The lowest BCUT2D eigenvalue weighted by Crippen LogP contribution is -2.41. The number of hydrogen-bond donors (Lipinski definition) is 0. The van der Waals surface area contributed by atoms with E-state index in [0.717, 1.165) is 51.7 Å². The molecule has 2 aliphatic rings. The molecule has 9 nitrogen and oxygen atoms in total. The minimum Gasteiger partial charge on any atom is -0.428 e. The molecule has 0 aromatic heterocycles. The Morgan fingerprint density at radius 3 is 1.06 bits per heavy atom. The first kappa shape index (κ1) is 50.5. The molecule has 0 amide bonds. The summed E-state index contributed by atoms with van der Waals surface area (Å²) in [7, 11) is -3.21. The molecule has 280 valence electrons. The summed E-state index contributed by atoms with van der Waals surface area (Å²) >= 11 is 0. The Kier molecular flexibility index (Phi) is 21.6. The van der Waals surface area contributed by atoms with Gasteiger partial charge >= 0.3 is 12.3 Å². The molecular formula is C34H70O9S2Si2. The number of hydrogen-bond acceptors (Lipinski definition) is 9. The minimum atomic E-state index is -1.61. The van der Waals surface area contributed by atoms with E-state index in [4.69, 9.17) is 18.3 Å². The van der Waals surface area contributed by atoms with Gasteiger partial charge in [0.2, 0.25) is 0 Å². The molecule has 0 radical (unpaired) electrons. The SMILES string of the molecule is CC(C)(C)OC(=O)OC(=O)OC(C)(C)C.CC(C)(C)[Si](C)(C)OC[C@@H]1CCC(=O)C1.CC(C)(C)[Si](C)(C)OC[C@@H]1CCC(=O)C1.S.S. The first-order chi connectivity index (χ1) is 19.9. The zero-order valence-corrected chi connectivity index (χ0v) is 36.5. The van der Waals surface area contributed by atoms with Gasteiger partial charge < -0.3 is 23.1 Å². The van der Waals surface area contributed by atoms with E-state index in [0.29, 0.717) is 23.4 Å². The Bertz CT molecular complexity index is 912. The second-order valence-electron chi connectivity index (χ2n) is 17.5. The van der Waals surface area contributed by atoms with Gasteiger partial charge in [0.05, 0.1) is 0 Å². The van der Waals surface area contributed by atoms with Crippen LogP contribution in [-0.4, -0.2) is 64.9 Å². The molecule has 0 bridgehead atoms. The number of ketones is 2. The number of rotatable bonds is 6. The van der Waals surface area contributed by atoms with Crippen molar-refractivity contribution in [2.45, 2.75) is 169 Å². The van der Waals surface area contributed by atoms with Crippen molar-refractivity contribution >= 4 is 67.5 Å². The summed E-state index contributed by atoms with van der Waals surface area (Å²) in [6.07, 6.45) is 2.98. The van der Waals surface area contributed by atoms with E-state index in [1.54, 1.807) is 41.5 Å². The fourth-order valence-corrected chi connectivity index (χ4v) is 5.93. The summed E-state index contributed by atoms with van der Waals surface area (Å²) in [5, 5.41) is 0.547. The van der Waals surface area contributed by atoms with Crippen LogP contribution in [0.5, 0.6) is 0 Å². The van der Waals surface area contributed by atoms with Crippen LogP contribution >= 0.6 is 27.0 Å². The van der Waals surface area contributed by atoms with Crippen LogP contribution in [-0.2, 0) is 32.7 Å². The van der Waals surface area contributed by atoms with Crippen LogP contribution < -0.4 is 0 Å². The van der Waals surface area contributed by atoms with Crippen molar-refractivity contribution in [1.82, 2.24) is 0 Å². The van der Waals surface area contributed by atoms with Crippen molar-refractivity contribution in [3.05, 3.63) is 0 Å². The standard InChI is InChI=1S/2C12H24O2Si.C10H18O5.2H2S/c2*1-12(2,3)15(4,5)14-9-10-6-7-11(13)8-10;1-9(2,3)14-7(11)13-8(12)15-10(4,5)6;;/h2*10H,6-9H2,1-5H3;1-6H3;2*1H2/t2*10-;;;/m11.../s1. The van der Waals surface area contributed by atoms with Gasteiger partial charge in [-0.1, -0.05) is 41.5 Å². The van der Waals surface area contributed by atoms with Crippen molar-refractivity contribution in [3.8, 4) is 0 Å². The minimum absolute atomic E-state index is 0. The molecule has 0 aromatic carbocycles. The quantitative estimate of drug-likeness (QED) is 0.149. The van der Waals surface area contributed by atoms with Crippen molar-refractivity contribution < 1.29 is 42.2 Å². The molecule has 2 aliphatic carbocycles. The molecule has 2 rings (SSSR count). The lowest BCUT2D eigenvalue weighted by molar-refractivity contribution is -0.118. The first-order valence-corrected chi connectivity index (χ1v) is 22.2. The average Bonchev–Trinajstić information content (AvgIpc) is 3.40. The summed E-state index contributed by atoms with van der Waals surface area (Å²) < 4.78 is 26.0. The third-order valence-electron chi connectivity index (χ3n) is 8.61. The van der Waals surface area contributed by atoms with Crippen LogP contribution in [0.2, 0.25) is 36.3 Å². The van der Waals surface area contributed by atoms with Gasteiger partial charge in [-0.25, -0.2) is 9.59 Å². The van der Waals surface area contributed by atoms with Crippen LogP contribution in [0.15, 0.2) is 0 Å². The maximum atomic E-state index is 11.1. The lowest BCUT2D eigenvalue weighted by Gasteiger charge is -2.36. The molecule has 0 aromatic rings. The summed E-state index contributed by atoms with van der Waals surface area (Å²) in [5.41, 5.74) is -1.39. The van der Waals surface area contributed by atoms with E-state index in [9.17, 15) is 19.2 Å². The Labute approximate surface area is 302 Å². The highest BCUT2D eigenvalue weighted by molar-refractivity contribution is 7.59. The average molecular weight is 743 g/mol. The van der Waals surface area contributed by atoms with Gasteiger partial charge in [-0.15, -0.1) is 0 Å². The van der Waals surface area contributed by atoms with Crippen molar-refractivity contribution in [1.29, 1.82) is 0 Å². The lowest BCUT2D eigenvalue weighted by atomic mass is 10.1. The summed E-state index contributed by atoms with van der Waals surface area (Å²) in [6, 6.07) is 0. The van der Waals surface area contributed by atoms with Gasteiger partial charge in [-0.05, 0) is 102 Å². The predicted octanol–water partition coefficient (Wildman–Crippen LogP) is 9.85. The third kappa shape index (κ3) is 22.5. The fraction of sp³-hybridized carbons (Fsp3) is 0.882. The second-order valence-corrected chi connectivity index (χ2v) is 27.1. The molecule has 0 heterocycles. The Balaban J connectivity index is -0.000000605. The number of ether oxygens (including phenoxy) is 3. The maximum Gasteiger partial charge on any atom is 0.519 e. The van der Waals surface area contributed by atoms with Crippen LogP contribution in [0.25, 0.3) is 0 Å². The zero-order valence-electron chi connectivity index (χ0n) is 32.5. The largest absolute Gasteiger partial charge is 0.519 e. The molecule has 0 aliphatic heterocycles. The van der Waals surface area contributed by atoms with Crippen LogP contribution in [0.1, 0.15) is 122 Å². The molecule has 2 saturated carbocycles. The monoisotopic (exact) mass is 742 g/mol. The zero-order chi connectivity index (χ0) is 35.7. The summed E-state index contributed by atoms with van der Waals surface area (Å²) in [5.74, 6) is 1.82. The molecule has 47 heavy (non-hydrogen) atoms. The topological polar surface area (TPSA) is 114 Å². The van der Waals surface area contributed by atoms with Gasteiger partial charge in [0.1, 0.15) is 22.8 Å². The predicted molar refractivity (Wildman–Crippen MR) is 205 cm³/mol. The van der Waals surface area contributed by atoms with Gasteiger partial charge in [0, 0.05) is 38.9 Å². The number of carbonyl (C=O) groups excluding carboxylic acids is 4. The van der Waals surface area contributed by atoms with Gasteiger partial charge in [0.25, 0.3) is 0 Å². The molecule has 0 N–H and O–H groups in total. The normalized spacial score (nSPS) is 18.8. The van der Waals surface area contributed by atoms with E-state index in [1.807, 2.05) is 0 Å². The van der Waals surface area contributed by atoms with Gasteiger partial charge in [-0.2, -0.15) is 27.0 Å². The Hall–Kier alpha value is -0.866. The smallest absolute Gasteiger partial charge is 0.428 e. The Morgan fingerprint density at radius 2 is 0.872 bits per heavy atom. The Morgan fingerprint density at radius 1 is 0.596 bits per heavy atom. The molecular weight excluding hydrogens is 673 g/mol. The molecule has 0 saturated heterocycles. The molecule has 13 heteroatoms.